The van der Waals surface area contributed by atoms with E-state index in [1.807, 2.05) is 6.92 Å². The number of sulfonamides is 1. The summed E-state index contributed by atoms with van der Waals surface area (Å²) in [5.41, 5.74) is 0. The summed E-state index contributed by atoms with van der Waals surface area (Å²) < 4.78 is 33.2. The summed E-state index contributed by atoms with van der Waals surface area (Å²) in [5.74, 6) is -0.246. The van der Waals surface area contributed by atoms with Crippen molar-refractivity contribution in [2.24, 2.45) is 7.05 Å². The van der Waals surface area contributed by atoms with Gasteiger partial charge < -0.3 is 14.2 Å². The summed E-state index contributed by atoms with van der Waals surface area (Å²) in [4.78, 5) is 29.8. The first-order valence-electron chi connectivity index (χ1n) is 9.19. The Morgan fingerprint density at radius 2 is 2.11 bits per heavy atom. The van der Waals surface area contributed by atoms with Gasteiger partial charge in [0.1, 0.15) is 5.82 Å². The molecule has 1 unspecified atom stereocenters. The Bertz CT molecular complexity index is 755. The van der Waals surface area contributed by atoms with Crippen LogP contribution in [0, 0.1) is 6.92 Å². The molecule has 1 atom stereocenters. The van der Waals surface area contributed by atoms with Crippen LogP contribution < -0.4 is 4.72 Å². The third kappa shape index (κ3) is 5.77. The number of likely N-dealkylation sites (tertiary alicyclic amines) is 1. The zero-order valence-corrected chi connectivity index (χ0v) is 16.9. The van der Waals surface area contributed by atoms with E-state index in [0.29, 0.717) is 12.4 Å². The standard InChI is InChI=1S/C17H28N4O5S/c1-4-14-7-5-6-10-21(14)16(22)12-26-17(23)8-9-18-27(24,25)15-11-20(3)13(2)19-15/h11,14,18H,4-10,12H2,1-3H3. The van der Waals surface area contributed by atoms with E-state index in [4.69, 9.17) is 4.74 Å². The maximum atomic E-state index is 12.3. The zero-order chi connectivity index (χ0) is 20.0. The van der Waals surface area contributed by atoms with E-state index in [0.717, 1.165) is 25.7 Å². The van der Waals surface area contributed by atoms with Gasteiger partial charge in [0.25, 0.3) is 15.9 Å². The number of nitrogens with one attached hydrogen (secondary N) is 1. The fourth-order valence-corrected chi connectivity index (χ4v) is 4.14. The van der Waals surface area contributed by atoms with Crippen LogP contribution in [0.2, 0.25) is 0 Å². The van der Waals surface area contributed by atoms with Gasteiger partial charge in [-0.25, -0.2) is 18.1 Å². The van der Waals surface area contributed by atoms with Crippen LogP contribution in [0.25, 0.3) is 0 Å². The summed E-state index contributed by atoms with van der Waals surface area (Å²) in [7, 11) is -2.09. The molecule has 0 aromatic carbocycles. The van der Waals surface area contributed by atoms with Gasteiger partial charge in [-0.3, -0.25) is 9.59 Å². The maximum absolute atomic E-state index is 12.3. The van der Waals surface area contributed by atoms with Crippen molar-refractivity contribution >= 4 is 21.9 Å². The topological polar surface area (TPSA) is 111 Å². The van der Waals surface area contributed by atoms with Gasteiger partial charge >= 0.3 is 5.97 Å². The molecule has 1 saturated heterocycles. The highest BCUT2D eigenvalue weighted by atomic mass is 32.2. The number of rotatable bonds is 8. The van der Waals surface area contributed by atoms with Crippen molar-refractivity contribution in [1.82, 2.24) is 19.2 Å². The van der Waals surface area contributed by atoms with Gasteiger partial charge in [-0.15, -0.1) is 0 Å². The predicted molar refractivity (Wildman–Crippen MR) is 98.4 cm³/mol. The van der Waals surface area contributed by atoms with Crippen LogP contribution in [0.5, 0.6) is 0 Å². The van der Waals surface area contributed by atoms with Gasteiger partial charge in [0.05, 0.1) is 6.42 Å². The van der Waals surface area contributed by atoms with E-state index >= 15 is 0 Å². The molecule has 1 aliphatic heterocycles. The third-order valence-electron chi connectivity index (χ3n) is 4.76. The van der Waals surface area contributed by atoms with Gasteiger partial charge in [-0.05, 0) is 32.6 Å². The first-order chi connectivity index (χ1) is 12.7. The Kier molecular flexibility index (Phi) is 7.37. The smallest absolute Gasteiger partial charge is 0.307 e. The second-order valence-corrected chi connectivity index (χ2v) is 8.40. The van der Waals surface area contributed by atoms with Crippen LogP contribution in [0.3, 0.4) is 0 Å². The molecule has 0 saturated carbocycles. The largest absolute Gasteiger partial charge is 0.456 e. The first-order valence-corrected chi connectivity index (χ1v) is 10.7. The molecule has 2 rings (SSSR count). The molecule has 10 heteroatoms. The highest BCUT2D eigenvalue weighted by Crippen LogP contribution is 2.19. The Morgan fingerprint density at radius 3 is 2.74 bits per heavy atom. The van der Waals surface area contributed by atoms with Crippen LogP contribution in [0.4, 0.5) is 0 Å². The average Bonchev–Trinajstić information content (AvgIpc) is 2.99. The fourth-order valence-electron chi connectivity index (χ4n) is 3.07. The Labute approximate surface area is 160 Å². The quantitative estimate of drug-likeness (QED) is 0.644. The SMILES string of the molecule is CCC1CCCCN1C(=O)COC(=O)CCNS(=O)(=O)c1cn(C)c(C)n1. The molecular formula is C17H28N4O5S. The Morgan fingerprint density at radius 1 is 1.37 bits per heavy atom. The number of imidazole rings is 1. The van der Waals surface area contributed by atoms with Crippen molar-refractivity contribution in [2.75, 3.05) is 19.7 Å². The summed E-state index contributed by atoms with van der Waals surface area (Å²) >= 11 is 0. The number of piperidine rings is 1. The van der Waals surface area contributed by atoms with Crippen molar-refractivity contribution in [3.63, 3.8) is 0 Å². The molecule has 27 heavy (non-hydrogen) atoms. The van der Waals surface area contributed by atoms with E-state index in [9.17, 15) is 18.0 Å². The number of hydrogen-bond acceptors (Lipinski definition) is 6. The number of amides is 1. The lowest BCUT2D eigenvalue weighted by molar-refractivity contribution is -0.153. The van der Waals surface area contributed by atoms with Gasteiger partial charge in [0, 0.05) is 32.4 Å². The molecule has 1 amide bonds. The number of carbonyl (C=O) groups excluding carboxylic acids is 2. The molecular weight excluding hydrogens is 372 g/mol. The summed E-state index contributed by atoms with van der Waals surface area (Å²) in [6.07, 6.45) is 5.18. The van der Waals surface area contributed by atoms with Crippen LogP contribution in [-0.4, -0.2) is 60.5 Å². The first kappa shape index (κ1) is 21.4. The van der Waals surface area contributed by atoms with Crippen molar-refractivity contribution in [3.05, 3.63) is 12.0 Å². The molecule has 9 nitrogen and oxygen atoms in total. The summed E-state index contributed by atoms with van der Waals surface area (Å²) in [5, 5.41) is -0.0956. The molecule has 0 radical (unpaired) electrons. The number of hydrogen-bond donors (Lipinski definition) is 1. The maximum Gasteiger partial charge on any atom is 0.307 e. The summed E-state index contributed by atoms with van der Waals surface area (Å²) in [6.45, 7) is 4.00. The van der Waals surface area contributed by atoms with Crippen LogP contribution >= 0.6 is 0 Å². The number of ether oxygens (including phenoxy) is 1. The molecule has 1 aromatic rings. The minimum atomic E-state index is -3.78. The lowest BCUT2D eigenvalue weighted by Crippen LogP contribution is -2.45. The second kappa shape index (κ2) is 9.32. The minimum absolute atomic E-state index is 0.0956. The molecule has 0 bridgehead atoms. The number of nitrogens with zero attached hydrogens (tertiary/aromatic N) is 3. The van der Waals surface area contributed by atoms with Gasteiger partial charge in [0.2, 0.25) is 0 Å². The lowest BCUT2D eigenvalue weighted by Gasteiger charge is -2.35. The lowest BCUT2D eigenvalue weighted by atomic mass is 10.00. The molecule has 2 heterocycles. The van der Waals surface area contributed by atoms with Crippen LogP contribution in [0.15, 0.2) is 11.2 Å². The highest BCUT2D eigenvalue weighted by molar-refractivity contribution is 7.89. The highest BCUT2D eigenvalue weighted by Gasteiger charge is 2.26. The second-order valence-electron chi connectivity index (χ2n) is 6.69. The van der Waals surface area contributed by atoms with E-state index in [2.05, 4.69) is 9.71 Å². The monoisotopic (exact) mass is 400 g/mol. The fraction of sp³-hybridized carbons (Fsp3) is 0.706. The third-order valence-corrected chi connectivity index (χ3v) is 6.09. The number of esters is 1. The van der Waals surface area contributed by atoms with E-state index in [1.165, 1.54) is 6.20 Å². The molecule has 1 aromatic heterocycles. The molecule has 152 valence electrons. The van der Waals surface area contributed by atoms with E-state index in [1.54, 1.807) is 23.4 Å². The molecule has 0 aliphatic carbocycles. The normalized spacial score (nSPS) is 17.7. The predicted octanol–water partition coefficient (Wildman–Crippen LogP) is 0.731. The number of carbonyl (C=O) groups is 2. The van der Waals surface area contributed by atoms with E-state index in [-0.39, 0.29) is 36.5 Å². The average molecular weight is 401 g/mol. The van der Waals surface area contributed by atoms with Gasteiger partial charge in [-0.1, -0.05) is 6.92 Å². The van der Waals surface area contributed by atoms with Gasteiger partial charge in [0.15, 0.2) is 11.6 Å². The van der Waals surface area contributed by atoms with Crippen molar-refractivity contribution < 1.29 is 22.7 Å². The van der Waals surface area contributed by atoms with Gasteiger partial charge in [-0.2, -0.15) is 0 Å². The van der Waals surface area contributed by atoms with Crippen LogP contribution in [0.1, 0.15) is 44.9 Å². The Balaban J connectivity index is 1.75. The molecule has 1 fully saturated rings. The van der Waals surface area contributed by atoms with Crippen molar-refractivity contribution in [1.29, 1.82) is 0 Å². The minimum Gasteiger partial charge on any atom is -0.456 e. The van der Waals surface area contributed by atoms with Crippen molar-refractivity contribution in [2.45, 2.75) is 57.0 Å². The number of aryl methyl sites for hydroxylation is 2. The number of aromatic nitrogens is 2. The molecule has 0 spiro atoms. The van der Waals surface area contributed by atoms with E-state index < -0.39 is 16.0 Å². The molecule has 1 N–H and O–H groups in total. The summed E-state index contributed by atoms with van der Waals surface area (Å²) in [6, 6.07) is 0.207. The van der Waals surface area contributed by atoms with Crippen LogP contribution in [-0.2, 0) is 31.4 Å². The Hall–Kier alpha value is -1.94. The van der Waals surface area contributed by atoms with Crippen molar-refractivity contribution in [3.8, 4) is 0 Å². The zero-order valence-electron chi connectivity index (χ0n) is 16.1. The molecule has 1 aliphatic rings.